The van der Waals surface area contributed by atoms with Crippen LogP contribution in [0.3, 0.4) is 0 Å². The van der Waals surface area contributed by atoms with Crippen LogP contribution in [0.5, 0.6) is 0 Å². The first-order valence-electron chi connectivity index (χ1n) is 11.1. The lowest BCUT2D eigenvalue weighted by Crippen LogP contribution is -2.53. The van der Waals surface area contributed by atoms with Gasteiger partial charge in [0.15, 0.2) is 0 Å². The fraction of sp³-hybridized carbons (Fsp3) is 0.609. The van der Waals surface area contributed by atoms with Gasteiger partial charge in [0.1, 0.15) is 5.82 Å². The van der Waals surface area contributed by atoms with Crippen LogP contribution in [0.15, 0.2) is 18.2 Å². The molecule has 3 rings (SSSR count). The lowest BCUT2D eigenvalue weighted by atomic mass is 9.98. The van der Waals surface area contributed by atoms with Crippen molar-refractivity contribution < 1.29 is 26.4 Å². The van der Waals surface area contributed by atoms with E-state index in [0.29, 0.717) is 6.92 Å². The van der Waals surface area contributed by atoms with Gasteiger partial charge in [-0.3, -0.25) is 0 Å². The number of hydrogen-bond donors (Lipinski definition) is 2. The van der Waals surface area contributed by atoms with Crippen LogP contribution < -0.4 is 10.0 Å². The smallest absolute Gasteiger partial charge is 0.317 e. The number of likely N-dealkylation sites (tertiary alicyclic amines) is 1. The van der Waals surface area contributed by atoms with Gasteiger partial charge in [0.2, 0.25) is 0 Å². The largest absolute Gasteiger partial charge is 0.332 e. The molecule has 34 heavy (non-hydrogen) atoms. The van der Waals surface area contributed by atoms with E-state index in [-0.39, 0.29) is 35.9 Å². The van der Waals surface area contributed by atoms with Crippen molar-refractivity contribution >= 4 is 16.2 Å². The molecule has 2 amide bonds. The highest BCUT2D eigenvalue weighted by atomic mass is 32.2. The molecule has 1 aliphatic carbocycles. The van der Waals surface area contributed by atoms with Crippen LogP contribution >= 0.6 is 0 Å². The minimum Gasteiger partial charge on any atom is -0.332 e. The van der Waals surface area contributed by atoms with Crippen molar-refractivity contribution in [1.82, 2.24) is 19.2 Å². The lowest BCUT2D eigenvalue weighted by Gasteiger charge is -2.30. The van der Waals surface area contributed by atoms with Crippen molar-refractivity contribution in [3.05, 3.63) is 35.1 Å². The fourth-order valence-electron chi connectivity index (χ4n) is 3.71. The van der Waals surface area contributed by atoms with Gasteiger partial charge < -0.3 is 10.2 Å². The number of carbonyl (C=O) groups excluding carboxylic acids is 1. The minimum absolute atomic E-state index is 0.00479. The van der Waals surface area contributed by atoms with Crippen molar-refractivity contribution in [1.29, 1.82) is 0 Å². The van der Waals surface area contributed by atoms with Crippen LogP contribution in [0, 0.1) is 23.1 Å². The second kappa shape index (κ2) is 9.76. The molecule has 1 saturated carbocycles. The number of alkyl halides is 2. The quantitative estimate of drug-likeness (QED) is 0.565. The van der Waals surface area contributed by atoms with Crippen molar-refractivity contribution in [3.8, 4) is 11.8 Å². The molecule has 2 fully saturated rings. The summed E-state index contributed by atoms with van der Waals surface area (Å²) < 4.78 is 70.2. The molecule has 0 spiro atoms. The Labute approximate surface area is 199 Å². The number of amides is 2. The van der Waals surface area contributed by atoms with Gasteiger partial charge in [-0.25, -0.2) is 18.0 Å². The van der Waals surface area contributed by atoms with Crippen LogP contribution in [0.25, 0.3) is 0 Å². The first-order chi connectivity index (χ1) is 15.7. The van der Waals surface area contributed by atoms with Gasteiger partial charge in [0, 0.05) is 39.0 Å². The number of hydrogen-bond acceptors (Lipinski definition) is 3. The predicted molar refractivity (Wildman–Crippen MR) is 123 cm³/mol. The average Bonchev–Trinajstić information content (AvgIpc) is 3.35. The third-order valence-corrected chi connectivity index (χ3v) is 7.71. The van der Waals surface area contributed by atoms with Crippen molar-refractivity contribution in [2.24, 2.45) is 5.41 Å². The van der Waals surface area contributed by atoms with Crippen molar-refractivity contribution in [3.63, 3.8) is 0 Å². The molecule has 2 N–H and O–H groups in total. The summed E-state index contributed by atoms with van der Waals surface area (Å²) in [4.78, 5) is 14.0. The number of carbonyl (C=O) groups is 1. The average molecular weight is 501 g/mol. The van der Waals surface area contributed by atoms with Crippen molar-refractivity contribution in [2.45, 2.75) is 57.5 Å². The molecule has 7 nitrogen and oxygen atoms in total. The Hall–Kier alpha value is -2.29. The fourth-order valence-corrected chi connectivity index (χ4v) is 4.58. The van der Waals surface area contributed by atoms with E-state index in [9.17, 15) is 22.0 Å². The molecule has 2 aliphatic rings. The summed E-state index contributed by atoms with van der Waals surface area (Å²) in [6, 6.07) is 2.54. The number of halogens is 3. The SMILES string of the molecule is CN(C)S(=O)(=O)NC1CCN(C(=O)NCC(C)(F)F)C1Cc1cccc(C#CC2(C)CC2)c1F. The van der Waals surface area contributed by atoms with Crippen LogP contribution in [0.4, 0.5) is 18.0 Å². The number of benzene rings is 1. The van der Waals surface area contributed by atoms with E-state index in [1.807, 2.05) is 6.92 Å². The van der Waals surface area contributed by atoms with Gasteiger partial charge >= 0.3 is 6.03 Å². The topological polar surface area (TPSA) is 81.8 Å². The van der Waals surface area contributed by atoms with Gasteiger partial charge in [-0.05, 0) is 44.2 Å². The third-order valence-electron chi connectivity index (χ3n) is 6.14. The van der Waals surface area contributed by atoms with Crippen LogP contribution in [0.1, 0.15) is 44.2 Å². The van der Waals surface area contributed by atoms with Gasteiger partial charge in [-0.2, -0.15) is 17.4 Å². The number of rotatable bonds is 7. The van der Waals surface area contributed by atoms with E-state index < -0.39 is 46.6 Å². The molecular weight excluding hydrogens is 469 g/mol. The summed E-state index contributed by atoms with van der Waals surface area (Å²) in [5.74, 6) is 2.35. The molecule has 11 heteroatoms. The summed E-state index contributed by atoms with van der Waals surface area (Å²) in [5, 5.41) is 2.19. The van der Waals surface area contributed by atoms with Crippen molar-refractivity contribution in [2.75, 3.05) is 27.2 Å². The highest BCUT2D eigenvalue weighted by molar-refractivity contribution is 7.87. The van der Waals surface area contributed by atoms with E-state index in [2.05, 4.69) is 21.9 Å². The maximum Gasteiger partial charge on any atom is 0.317 e. The molecule has 1 saturated heterocycles. The van der Waals surface area contributed by atoms with Crippen LogP contribution in [-0.4, -0.2) is 68.8 Å². The zero-order valence-electron chi connectivity index (χ0n) is 19.8. The predicted octanol–water partition coefficient (Wildman–Crippen LogP) is 2.72. The van der Waals surface area contributed by atoms with Gasteiger partial charge in [-0.15, -0.1) is 0 Å². The second-order valence-corrected chi connectivity index (χ2v) is 11.5. The molecule has 1 aliphatic heterocycles. The van der Waals surface area contributed by atoms with E-state index >= 15 is 4.39 Å². The first kappa shape index (κ1) is 26.3. The standard InChI is InChI=1S/C23H31F3N4O3S/c1-22(11-12-22)10-8-16-6-5-7-17(20(16)24)14-19-18(28-34(32,33)29(3)4)9-13-30(19)21(31)27-15-23(2,25)26/h5-7,18-19,28H,9,11-15H2,1-4H3,(H,27,31). The summed E-state index contributed by atoms with van der Waals surface area (Å²) in [5.41, 5.74) is 0.419. The summed E-state index contributed by atoms with van der Waals surface area (Å²) >= 11 is 0. The molecular formula is C23H31F3N4O3S. The Kier molecular flexibility index (Phi) is 7.55. The molecule has 0 aromatic heterocycles. The van der Waals surface area contributed by atoms with Gasteiger partial charge in [0.05, 0.1) is 18.2 Å². The normalized spacial score (nSPS) is 21.8. The number of urea groups is 1. The summed E-state index contributed by atoms with van der Waals surface area (Å²) in [7, 11) is -1.11. The molecule has 0 bridgehead atoms. The van der Waals surface area contributed by atoms with Gasteiger partial charge in [0.25, 0.3) is 16.1 Å². The maximum atomic E-state index is 15.3. The first-order valence-corrected chi connectivity index (χ1v) is 12.6. The highest BCUT2D eigenvalue weighted by Crippen LogP contribution is 2.44. The number of nitrogens with one attached hydrogen (secondary N) is 2. The Morgan fingerprint density at radius 2 is 2.00 bits per heavy atom. The Morgan fingerprint density at radius 3 is 2.59 bits per heavy atom. The minimum atomic E-state index is -3.84. The van der Waals surface area contributed by atoms with Gasteiger partial charge in [-0.1, -0.05) is 24.0 Å². The lowest BCUT2D eigenvalue weighted by molar-refractivity contribution is 0.0237. The molecule has 0 radical (unpaired) electrons. The third kappa shape index (κ3) is 6.64. The molecule has 1 heterocycles. The van der Waals surface area contributed by atoms with E-state index in [1.54, 1.807) is 18.2 Å². The van der Waals surface area contributed by atoms with Crippen LogP contribution in [-0.2, 0) is 16.6 Å². The second-order valence-electron chi connectivity index (χ2n) is 9.58. The summed E-state index contributed by atoms with van der Waals surface area (Å²) in [6.45, 7) is 1.97. The Bertz CT molecular complexity index is 1090. The monoisotopic (exact) mass is 500 g/mol. The zero-order chi connectivity index (χ0) is 25.3. The maximum absolute atomic E-state index is 15.3. The Balaban J connectivity index is 1.87. The van der Waals surface area contributed by atoms with E-state index in [4.69, 9.17) is 0 Å². The molecule has 2 atom stereocenters. The molecule has 1 aromatic rings. The molecule has 188 valence electrons. The van der Waals surface area contributed by atoms with E-state index in [1.165, 1.54) is 19.0 Å². The summed E-state index contributed by atoms with van der Waals surface area (Å²) in [6.07, 6.45) is 2.19. The Morgan fingerprint density at radius 1 is 1.32 bits per heavy atom. The van der Waals surface area contributed by atoms with Crippen LogP contribution in [0.2, 0.25) is 0 Å². The number of nitrogens with zero attached hydrogens (tertiary/aromatic N) is 2. The van der Waals surface area contributed by atoms with E-state index in [0.717, 1.165) is 17.1 Å². The molecule has 2 unspecified atom stereocenters. The highest BCUT2D eigenvalue weighted by Gasteiger charge is 2.40. The molecule has 1 aromatic carbocycles. The zero-order valence-corrected chi connectivity index (χ0v) is 20.6.